The van der Waals surface area contributed by atoms with Crippen molar-refractivity contribution in [3.05, 3.63) is 58.8 Å². The number of pyridine rings is 1. The average molecular weight is 470 g/mol. The standard InChI is InChI=1S/C21H25F3N4O3S/c1-13(2)26-20-16(6-9-18(27-20)21(22,23)24)7-10-19(29)25-12-15-5-8-17(14(3)11-15)28(4)32(30)31/h5-11,13H,12H2,1-4H3,(H,25,29)(H,26,27)(H,30,31)/p-1. The van der Waals surface area contributed by atoms with Crippen molar-refractivity contribution in [3.8, 4) is 0 Å². The van der Waals surface area contributed by atoms with Gasteiger partial charge in [-0.15, -0.1) is 0 Å². The van der Waals surface area contributed by atoms with Crippen molar-refractivity contribution in [1.29, 1.82) is 0 Å². The quantitative estimate of drug-likeness (QED) is 0.453. The molecule has 0 saturated heterocycles. The summed E-state index contributed by atoms with van der Waals surface area (Å²) < 4.78 is 62.1. The first kappa shape index (κ1) is 25.3. The molecule has 0 radical (unpaired) electrons. The highest BCUT2D eigenvalue weighted by molar-refractivity contribution is 7.80. The Morgan fingerprint density at radius 3 is 2.53 bits per heavy atom. The van der Waals surface area contributed by atoms with E-state index < -0.39 is 29.0 Å². The summed E-state index contributed by atoms with van der Waals surface area (Å²) in [6.07, 6.45) is -1.97. The minimum absolute atomic E-state index is 0.0324. The molecule has 1 atom stereocenters. The fourth-order valence-electron chi connectivity index (χ4n) is 2.83. The van der Waals surface area contributed by atoms with Crippen LogP contribution in [0.1, 0.15) is 36.2 Å². The Morgan fingerprint density at radius 2 is 1.97 bits per heavy atom. The number of carbonyl (C=O) groups is 1. The summed E-state index contributed by atoms with van der Waals surface area (Å²) in [6.45, 7) is 5.48. The molecule has 1 heterocycles. The van der Waals surface area contributed by atoms with Crippen LogP contribution in [-0.4, -0.2) is 32.7 Å². The van der Waals surface area contributed by atoms with Gasteiger partial charge in [-0.25, -0.2) is 4.98 Å². The smallest absolute Gasteiger partial charge is 0.433 e. The molecule has 0 saturated carbocycles. The number of nitrogens with one attached hydrogen (secondary N) is 2. The number of halogens is 3. The van der Waals surface area contributed by atoms with E-state index in [1.54, 1.807) is 39.0 Å². The predicted molar refractivity (Wildman–Crippen MR) is 117 cm³/mol. The SMILES string of the molecule is Cc1cc(CNC(=O)C=Cc2ccc(C(F)(F)F)nc2NC(C)C)ccc1N(C)S(=O)[O-]. The molecule has 0 aliphatic rings. The van der Waals surface area contributed by atoms with Crippen molar-refractivity contribution < 1.29 is 26.7 Å². The van der Waals surface area contributed by atoms with Crippen LogP contribution in [0.15, 0.2) is 36.4 Å². The Morgan fingerprint density at radius 1 is 1.28 bits per heavy atom. The molecule has 0 aliphatic heterocycles. The molecule has 0 fully saturated rings. The Bertz CT molecular complexity index is 1030. The van der Waals surface area contributed by atoms with Crippen molar-refractivity contribution in [3.63, 3.8) is 0 Å². The van der Waals surface area contributed by atoms with E-state index in [0.29, 0.717) is 11.3 Å². The second-order valence-corrected chi connectivity index (χ2v) is 8.30. The largest absolute Gasteiger partial charge is 0.755 e. The monoisotopic (exact) mass is 469 g/mol. The maximum atomic E-state index is 12.9. The molecule has 1 aromatic carbocycles. The van der Waals surface area contributed by atoms with Gasteiger partial charge in [0.15, 0.2) is 0 Å². The number of benzene rings is 1. The minimum Gasteiger partial charge on any atom is -0.755 e. The molecule has 0 spiro atoms. The number of amides is 1. The van der Waals surface area contributed by atoms with Gasteiger partial charge in [-0.3, -0.25) is 9.00 Å². The predicted octanol–water partition coefficient (Wildman–Crippen LogP) is 3.79. The second-order valence-electron chi connectivity index (χ2n) is 7.32. The third kappa shape index (κ3) is 7.06. The van der Waals surface area contributed by atoms with Crippen molar-refractivity contribution in [2.45, 2.75) is 39.5 Å². The molecule has 1 aromatic heterocycles. The number of aryl methyl sites for hydroxylation is 1. The zero-order chi connectivity index (χ0) is 24.1. The summed E-state index contributed by atoms with van der Waals surface area (Å²) in [7, 11) is 1.43. The first-order valence-corrected chi connectivity index (χ1v) is 10.6. The van der Waals surface area contributed by atoms with E-state index in [1.165, 1.54) is 25.3 Å². The van der Waals surface area contributed by atoms with Gasteiger partial charge >= 0.3 is 6.18 Å². The number of rotatable bonds is 8. The Balaban J connectivity index is 2.09. The van der Waals surface area contributed by atoms with E-state index in [0.717, 1.165) is 21.5 Å². The summed E-state index contributed by atoms with van der Waals surface area (Å²) >= 11 is -2.39. The van der Waals surface area contributed by atoms with Crippen molar-refractivity contribution in [2.75, 3.05) is 16.7 Å². The minimum atomic E-state index is -4.57. The van der Waals surface area contributed by atoms with Crippen LogP contribution in [-0.2, 0) is 28.8 Å². The van der Waals surface area contributed by atoms with E-state index in [-0.39, 0.29) is 18.4 Å². The highest BCUT2D eigenvalue weighted by Crippen LogP contribution is 2.30. The van der Waals surface area contributed by atoms with Gasteiger partial charge in [0.25, 0.3) is 0 Å². The summed E-state index contributed by atoms with van der Waals surface area (Å²) in [4.78, 5) is 15.8. The van der Waals surface area contributed by atoms with Crippen molar-refractivity contribution in [2.24, 2.45) is 0 Å². The Kier molecular flexibility index (Phi) is 8.39. The molecule has 0 bridgehead atoms. The number of nitrogens with zero attached hydrogens (tertiary/aromatic N) is 2. The zero-order valence-electron chi connectivity index (χ0n) is 18.0. The maximum Gasteiger partial charge on any atom is 0.433 e. The molecular weight excluding hydrogens is 445 g/mol. The molecule has 1 unspecified atom stereocenters. The van der Waals surface area contributed by atoms with Crippen LogP contribution in [0, 0.1) is 6.92 Å². The lowest BCUT2D eigenvalue weighted by atomic mass is 10.1. The molecule has 2 aromatic rings. The number of anilines is 2. The summed E-state index contributed by atoms with van der Waals surface area (Å²) in [5, 5.41) is 5.54. The average Bonchev–Trinajstić information content (AvgIpc) is 2.69. The van der Waals surface area contributed by atoms with Crippen LogP contribution in [0.4, 0.5) is 24.7 Å². The van der Waals surface area contributed by atoms with Gasteiger partial charge in [0.1, 0.15) is 11.5 Å². The fourth-order valence-corrected chi connectivity index (χ4v) is 3.19. The number of hydrogen-bond acceptors (Lipinski definition) is 5. The molecule has 2 rings (SSSR count). The van der Waals surface area contributed by atoms with Gasteiger partial charge < -0.3 is 19.5 Å². The fraction of sp³-hybridized carbons (Fsp3) is 0.333. The summed E-state index contributed by atoms with van der Waals surface area (Å²) in [5.74, 6) is -0.412. The topological polar surface area (TPSA) is 97.4 Å². The second kappa shape index (κ2) is 10.6. The van der Waals surface area contributed by atoms with E-state index in [1.807, 2.05) is 0 Å². The van der Waals surface area contributed by atoms with E-state index in [2.05, 4.69) is 15.6 Å². The number of hydrogen-bond donors (Lipinski definition) is 2. The lowest BCUT2D eigenvalue weighted by Gasteiger charge is -2.23. The van der Waals surface area contributed by atoms with Gasteiger partial charge in [-0.2, -0.15) is 13.2 Å². The molecule has 174 valence electrons. The van der Waals surface area contributed by atoms with Crippen LogP contribution >= 0.6 is 0 Å². The van der Waals surface area contributed by atoms with E-state index in [4.69, 9.17) is 0 Å². The van der Waals surface area contributed by atoms with Crippen LogP contribution in [0.25, 0.3) is 6.08 Å². The highest BCUT2D eigenvalue weighted by atomic mass is 32.2. The summed E-state index contributed by atoms with van der Waals surface area (Å²) in [6, 6.07) is 7.05. The first-order valence-electron chi connectivity index (χ1n) is 9.61. The van der Waals surface area contributed by atoms with Crippen LogP contribution in [0.2, 0.25) is 0 Å². The van der Waals surface area contributed by atoms with Gasteiger partial charge in [-0.1, -0.05) is 12.1 Å². The van der Waals surface area contributed by atoms with E-state index >= 15 is 0 Å². The number of carbonyl (C=O) groups excluding carboxylic acids is 1. The Hall–Kier alpha value is -2.92. The molecule has 32 heavy (non-hydrogen) atoms. The zero-order valence-corrected chi connectivity index (χ0v) is 18.8. The number of alkyl halides is 3. The van der Waals surface area contributed by atoms with Gasteiger partial charge in [0.05, 0.1) is 5.69 Å². The van der Waals surface area contributed by atoms with Gasteiger partial charge in [0.2, 0.25) is 5.91 Å². The van der Waals surface area contributed by atoms with Crippen LogP contribution in [0.3, 0.4) is 0 Å². The third-order valence-corrected chi connectivity index (χ3v) is 4.99. The molecule has 0 aliphatic carbocycles. The lowest BCUT2D eigenvalue weighted by molar-refractivity contribution is -0.141. The van der Waals surface area contributed by atoms with Gasteiger partial charge in [-0.05, 0) is 56.2 Å². The summed E-state index contributed by atoms with van der Waals surface area (Å²) in [5.41, 5.74) is 1.33. The van der Waals surface area contributed by atoms with Crippen LogP contribution < -0.4 is 14.9 Å². The first-order chi connectivity index (χ1) is 14.9. The molecule has 7 nitrogen and oxygen atoms in total. The lowest BCUT2D eigenvalue weighted by Crippen LogP contribution is -2.22. The van der Waals surface area contributed by atoms with Crippen LogP contribution in [0.5, 0.6) is 0 Å². The van der Waals surface area contributed by atoms with Crippen molar-refractivity contribution in [1.82, 2.24) is 10.3 Å². The maximum absolute atomic E-state index is 12.9. The normalized spacial score (nSPS) is 12.8. The highest BCUT2D eigenvalue weighted by Gasteiger charge is 2.33. The van der Waals surface area contributed by atoms with Gasteiger partial charge in [0, 0.05) is 42.5 Å². The van der Waals surface area contributed by atoms with E-state index in [9.17, 15) is 26.7 Å². The molecule has 2 N–H and O–H groups in total. The molecular formula is C21H24F3N4O3S-. The Labute approximate surface area is 187 Å². The molecule has 1 amide bonds. The van der Waals surface area contributed by atoms with Crippen molar-refractivity contribution >= 4 is 34.8 Å². The number of aromatic nitrogens is 1. The third-order valence-electron chi connectivity index (χ3n) is 4.35. The molecule has 11 heteroatoms.